The minimum absolute atomic E-state index is 0.188. The van der Waals surface area contributed by atoms with Crippen LogP contribution in [0.25, 0.3) is 10.8 Å². The van der Waals surface area contributed by atoms with E-state index in [1.54, 1.807) is 37.4 Å². The van der Waals surface area contributed by atoms with Gasteiger partial charge in [-0.05, 0) is 35.4 Å². The minimum atomic E-state index is -1.37. The van der Waals surface area contributed by atoms with E-state index in [-0.39, 0.29) is 5.91 Å². The van der Waals surface area contributed by atoms with Crippen molar-refractivity contribution < 1.29 is 9.53 Å². The summed E-state index contributed by atoms with van der Waals surface area (Å²) in [4.78, 5) is 26.8. The Morgan fingerprint density at radius 2 is 1.57 bits per heavy atom. The monoisotopic (exact) mass is 491 g/mol. The van der Waals surface area contributed by atoms with Crippen LogP contribution in [-0.4, -0.2) is 54.1 Å². The van der Waals surface area contributed by atoms with Crippen LogP contribution in [0.3, 0.4) is 0 Å². The molecule has 4 aromatic rings. The van der Waals surface area contributed by atoms with Crippen LogP contribution in [0, 0.1) is 16.7 Å². The molecule has 0 aliphatic carbocycles. The van der Waals surface area contributed by atoms with E-state index in [0.29, 0.717) is 37.9 Å². The fourth-order valence-corrected chi connectivity index (χ4v) is 5.33. The lowest BCUT2D eigenvalue weighted by Crippen LogP contribution is -2.54. The van der Waals surface area contributed by atoms with E-state index in [4.69, 9.17) is 4.74 Å². The lowest BCUT2D eigenvalue weighted by Gasteiger charge is -2.40. The van der Waals surface area contributed by atoms with E-state index < -0.39 is 11.3 Å². The number of piperazine rings is 1. The quantitative estimate of drug-likeness (QED) is 0.391. The maximum Gasteiger partial charge on any atom is 0.243 e. The molecule has 1 fully saturated rings. The Labute approximate surface area is 216 Å². The molecule has 0 radical (unpaired) electrons. The highest BCUT2D eigenvalue weighted by atomic mass is 16.5. The highest BCUT2D eigenvalue weighted by molar-refractivity contribution is 5.91. The maximum atomic E-state index is 14.2. The predicted molar refractivity (Wildman–Crippen MR) is 143 cm³/mol. The number of anilines is 1. The molecule has 0 unspecified atom stereocenters. The Hall–Kier alpha value is -4.44. The summed E-state index contributed by atoms with van der Waals surface area (Å²) in [5.74, 6) is 0.580. The van der Waals surface area contributed by atoms with Gasteiger partial charge in [0.05, 0.1) is 13.2 Å². The molecule has 5 rings (SSSR count). The van der Waals surface area contributed by atoms with Gasteiger partial charge in [0.15, 0.2) is 0 Å². The van der Waals surface area contributed by atoms with E-state index in [1.807, 2.05) is 54.6 Å². The van der Waals surface area contributed by atoms with Crippen LogP contribution in [0.15, 0.2) is 85.2 Å². The zero-order valence-corrected chi connectivity index (χ0v) is 21.0. The Bertz CT molecular complexity index is 1440. The standard InChI is InChI=1S/C30H29N5O2/c1-30(21-31,28(36)34-17-19-35(20-18-34)29-32-15-8-16-33-29)27(25-12-5-6-14-26(25)37-2)24-13-7-10-22-9-3-4-11-23(22)24/h3-16,27H,17-20H2,1-2H3/t27-,30+/m0/s1. The molecule has 2 atom stereocenters. The van der Waals surface area contributed by atoms with Crippen molar-refractivity contribution in [3.8, 4) is 11.8 Å². The van der Waals surface area contributed by atoms with Gasteiger partial charge in [0.1, 0.15) is 11.2 Å². The SMILES string of the molecule is COc1ccccc1[C@H](c1cccc2ccccc12)[C@@](C)(C#N)C(=O)N1CCN(c2ncccn2)CC1. The number of ether oxygens (including phenoxy) is 1. The first-order valence-corrected chi connectivity index (χ1v) is 12.4. The molecule has 1 amide bonds. The number of methoxy groups -OCH3 is 1. The number of hydrogen-bond acceptors (Lipinski definition) is 6. The molecular formula is C30H29N5O2. The number of para-hydroxylation sites is 1. The molecule has 1 aromatic heterocycles. The zero-order chi connectivity index (χ0) is 25.8. The molecule has 7 heteroatoms. The van der Waals surface area contributed by atoms with Crippen molar-refractivity contribution in [1.82, 2.24) is 14.9 Å². The summed E-state index contributed by atoms with van der Waals surface area (Å²) in [6.45, 7) is 3.95. The van der Waals surface area contributed by atoms with Gasteiger partial charge < -0.3 is 14.5 Å². The van der Waals surface area contributed by atoms with E-state index >= 15 is 0 Å². The molecule has 3 aromatic carbocycles. The van der Waals surface area contributed by atoms with Gasteiger partial charge in [0.25, 0.3) is 0 Å². The summed E-state index contributed by atoms with van der Waals surface area (Å²) < 4.78 is 5.73. The van der Waals surface area contributed by atoms with Crippen LogP contribution in [-0.2, 0) is 4.79 Å². The van der Waals surface area contributed by atoms with Gasteiger partial charge in [0.2, 0.25) is 11.9 Å². The summed E-state index contributed by atoms with van der Waals surface area (Å²) in [5, 5.41) is 12.8. The van der Waals surface area contributed by atoms with Crippen molar-refractivity contribution in [2.24, 2.45) is 5.41 Å². The van der Waals surface area contributed by atoms with Crippen molar-refractivity contribution in [3.63, 3.8) is 0 Å². The van der Waals surface area contributed by atoms with Gasteiger partial charge >= 0.3 is 0 Å². The fraction of sp³-hybridized carbons (Fsp3) is 0.267. The van der Waals surface area contributed by atoms with Crippen LogP contribution in [0.2, 0.25) is 0 Å². The normalized spacial score (nSPS) is 16.0. The number of nitrogens with zero attached hydrogens (tertiary/aromatic N) is 5. The molecule has 0 N–H and O–H groups in total. The fourth-order valence-electron chi connectivity index (χ4n) is 5.33. The molecule has 0 bridgehead atoms. The summed E-state index contributed by atoms with van der Waals surface area (Å²) in [5.41, 5.74) is 0.371. The van der Waals surface area contributed by atoms with Gasteiger partial charge in [0, 0.05) is 50.1 Å². The summed E-state index contributed by atoms with van der Waals surface area (Å²) >= 11 is 0. The Morgan fingerprint density at radius 1 is 0.919 bits per heavy atom. The average molecular weight is 492 g/mol. The zero-order valence-electron chi connectivity index (χ0n) is 21.0. The topological polar surface area (TPSA) is 82.4 Å². The second-order valence-electron chi connectivity index (χ2n) is 9.39. The van der Waals surface area contributed by atoms with Crippen LogP contribution >= 0.6 is 0 Å². The van der Waals surface area contributed by atoms with Crippen molar-refractivity contribution in [1.29, 1.82) is 5.26 Å². The van der Waals surface area contributed by atoms with Gasteiger partial charge in [-0.2, -0.15) is 5.26 Å². The van der Waals surface area contributed by atoms with E-state index in [0.717, 1.165) is 21.9 Å². The third-order valence-corrected chi connectivity index (χ3v) is 7.24. The van der Waals surface area contributed by atoms with E-state index in [1.165, 1.54) is 0 Å². The van der Waals surface area contributed by atoms with Crippen molar-refractivity contribution >= 4 is 22.6 Å². The molecule has 1 aliphatic heterocycles. The number of hydrogen-bond donors (Lipinski definition) is 0. The molecule has 37 heavy (non-hydrogen) atoms. The first-order chi connectivity index (χ1) is 18.1. The Morgan fingerprint density at radius 3 is 2.30 bits per heavy atom. The molecule has 1 aliphatic rings. The molecule has 186 valence electrons. The van der Waals surface area contributed by atoms with Crippen LogP contribution < -0.4 is 9.64 Å². The van der Waals surface area contributed by atoms with Crippen molar-refractivity contribution in [3.05, 3.63) is 96.3 Å². The number of benzene rings is 3. The minimum Gasteiger partial charge on any atom is -0.496 e. The number of carbonyl (C=O) groups is 1. The molecule has 7 nitrogen and oxygen atoms in total. The lowest BCUT2D eigenvalue weighted by atomic mass is 9.68. The Kier molecular flexibility index (Phi) is 6.74. The van der Waals surface area contributed by atoms with Crippen LogP contribution in [0.1, 0.15) is 24.0 Å². The van der Waals surface area contributed by atoms with Gasteiger partial charge in [-0.1, -0.05) is 60.7 Å². The van der Waals surface area contributed by atoms with Crippen molar-refractivity contribution in [2.75, 3.05) is 38.2 Å². The molecule has 2 heterocycles. The first-order valence-electron chi connectivity index (χ1n) is 12.4. The number of amides is 1. The second kappa shape index (κ2) is 10.3. The number of fused-ring (bicyclic) bond motifs is 1. The summed E-state index contributed by atoms with van der Waals surface area (Å²) in [7, 11) is 1.62. The van der Waals surface area contributed by atoms with Crippen molar-refractivity contribution in [2.45, 2.75) is 12.8 Å². The highest BCUT2D eigenvalue weighted by Crippen LogP contribution is 2.47. The predicted octanol–water partition coefficient (Wildman–Crippen LogP) is 4.65. The van der Waals surface area contributed by atoms with Gasteiger partial charge in [-0.25, -0.2) is 9.97 Å². The van der Waals surface area contributed by atoms with E-state index in [9.17, 15) is 10.1 Å². The largest absolute Gasteiger partial charge is 0.496 e. The third kappa shape index (κ3) is 4.47. The maximum absolute atomic E-state index is 14.2. The number of carbonyl (C=O) groups excluding carboxylic acids is 1. The molecule has 0 saturated carbocycles. The smallest absolute Gasteiger partial charge is 0.243 e. The van der Waals surface area contributed by atoms with Gasteiger partial charge in [-0.15, -0.1) is 0 Å². The average Bonchev–Trinajstić information content (AvgIpc) is 2.97. The lowest BCUT2D eigenvalue weighted by molar-refractivity contribution is -0.139. The second-order valence-corrected chi connectivity index (χ2v) is 9.39. The van der Waals surface area contributed by atoms with Gasteiger partial charge in [-0.3, -0.25) is 4.79 Å². The number of rotatable bonds is 6. The summed E-state index contributed by atoms with van der Waals surface area (Å²) in [6, 6.07) is 26.0. The Balaban J connectivity index is 1.56. The molecule has 1 saturated heterocycles. The summed E-state index contributed by atoms with van der Waals surface area (Å²) in [6.07, 6.45) is 3.43. The molecular weight excluding hydrogens is 462 g/mol. The number of nitriles is 1. The number of aromatic nitrogens is 2. The van der Waals surface area contributed by atoms with E-state index in [2.05, 4.69) is 33.1 Å². The third-order valence-electron chi connectivity index (χ3n) is 7.24. The molecule has 0 spiro atoms. The van der Waals surface area contributed by atoms with Crippen LogP contribution in [0.4, 0.5) is 5.95 Å². The highest BCUT2D eigenvalue weighted by Gasteiger charge is 2.47. The van der Waals surface area contributed by atoms with Crippen LogP contribution in [0.5, 0.6) is 5.75 Å². The first kappa shape index (κ1) is 24.3.